The smallest absolute Gasteiger partial charge is 0.237 e. The van der Waals surface area contributed by atoms with Gasteiger partial charge in [-0.2, -0.15) is 0 Å². The number of nitrogens with zero attached hydrogens (tertiary/aromatic N) is 1. The average molecular weight is 278 g/mol. The minimum Gasteiger partial charge on any atom is -0.379 e. The van der Waals surface area contributed by atoms with E-state index in [0.717, 1.165) is 19.3 Å². The Morgan fingerprint density at radius 3 is 2.44 bits per heavy atom. The van der Waals surface area contributed by atoms with Crippen molar-refractivity contribution in [2.24, 2.45) is 5.73 Å². The van der Waals surface area contributed by atoms with E-state index < -0.39 is 15.6 Å². The molecule has 0 aromatic rings. The minimum atomic E-state index is -3.37. The molecule has 1 fully saturated rings. The molecule has 0 saturated carbocycles. The highest BCUT2D eigenvalue weighted by Crippen LogP contribution is 2.09. The summed E-state index contributed by atoms with van der Waals surface area (Å²) in [7, 11) is -3.37. The summed E-state index contributed by atoms with van der Waals surface area (Å²) < 4.78 is 28.4. The maximum atomic E-state index is 11.8. The Hall–Kier alpha value is -0.660. The van der Waals surface area contributed by atoms with Crippen LogP contribution in [0.1, 0.15) is 19.3 Å². The van der Waals surface area contributed by atoms with E-state index in [2.05, 4.69) is 0 Å². The van der Waals surface area contributed by atoms with Crippen molar-refractivity contribution in [3.63, 3.8) is 0 Å². The van der Waals surface area contributed by atoms with E-state index >= 15 is 0 Å². The van der Waals surface area contributed by atoms with Gasteiger partial charge in [0.1, 0.15) is 5.75 Å². The summed E-state index contributed by atoms with van der Waals surface area (Å²) in [6.45, 7) is 2.17. The fourth-order valence-electron chi connectivity index (χ4n) is 1.87. The molecule has 0 aromatic heterocycles. The summed E-state index contributed by atoms with van der Waals surface area (Å²) in [5, 5.41) is 0. The van der Waals surface area contributed by atoms with Gasteiger partial charge in [-0.25, -0.2) is 8.42 Å². The van der Waals surface area contributed by atoms with E-state index in [9.17, 15) is 13.2 Å². The van der Waals surface area contributed by atoms with Crippen molar-refractivity contribution in [2.75, 3.05) is 44.4 Å². The first-order valence-corrected chi connectivity index (χ1v) is 8.13. The van der Waals surface area contributed by atoms with Crippen molar-refractivity contribution < 1.29 is 17.9 Å². The molecule has 0 bridgehead atoms. The first kappa shape index (κ1) is 15.4. The maximum Gasteiger partial charge on any atom is 0.237 e. The Morgan fingerprint density at radius 2 is 1.83 bits per heavy atom. The molecule has 1 aliphatic rings. The summed E-state index contributed by atoms with van der Waals surface area (Å²) in [4.78, 5) is 13.4. The first-order chi connectivity index (χ1) is 8.55. The van der Waals surface area contributed by atoms with E-state index in [1.165, 1.54) is 0 Å². The Labute approximate surface area is 108 Å². The number of rotatable bonds is 7. The third kappa shape index (κ3) is 5.79. The zero-order valence-corrected chi connectivity index (χ0v) is 11.5. The van der Waals surface area contributed by atoms with Crippen LogP contribution < -0.4 is 5.73 Å². The number of carbonyl (C=O) groups is 1. The molecule has 1 rings (SSSR count). The molecule has 18 heavy (non-hydrogen) atoms. The number of carbonyl (C=O) groups excluding carboxylic acids is 1. The van der Waals surface area contributed by atoms with Gasteiger partial charge in [0.15, 0.2) is 9.84 Å². The summed E-state index contributed by atoms with van der Waals surface area (Å²) in [5.74, 6) is -0.806. The van der Waals surface area contributed by atoms with E-state index in [4.69, 9.17) is 10.5 Å². The lowest BCUT2D eigenvalue weighted by Gasteiger charge is -2.26. The molecule has 2 N–H and O–H groups in total. The number of nitrogens with two attached hydrogens (primary N) is 1. The zero-order chi connectivity index (χ0) is 13.4. The van der Waals surface area contributed by atoms with Gasteiger partial charge < -0.3 is 15.4 Å². The quantitative estimate of drug-likeness (QED) is 0.627. The van der Waals surface area contributed by atoms with Crippen molar-refractivity contribution >= 4 is 15.7 Å². The summed E-state index contributed by atoms with van der Waals surface area (Å²) in [6, 6.07) is 0. The fraction of sp³-hybridized carbons (Fsp3) is 0.909. The lowest BCUT2D eigenvalue weighted by molar-refractivity contribution is -0.129. The molecule has 1 heterocycles. The molecule has 106 valence electrons. The van der Waals surface area contributed by atoms with Crippen LogP contribution in [0.4, 0.5) is 0 Å². The molecule has 1 saturated heterocycles. The Bertz CT molecular complexity index is 350. The van der Waals surface area contributed by atoms with Crippen LogP contribution in [0.2, 0.25) is 0 Å². The van der Waals surface area contributed by atoms with Crippen LogP contribution in [-0.2, 0) is 19.4 Å². The molecule has 7 heteroatoms. The topological polar surface area (TPSA) is 89.7 Å². The number of sulfone groups is 1. The third-order valence-electron chi connectivity index (χ3n) is 2.85. The lowest BCUT2D eigenvalue weighted by atomic mass is 10.1. The summed E-state index contributed by atoms with van der Waals surface area (Å²) >= 11 is 0. The van der Waals surface area contributed by atoms with Gasteiger partial charge in [0.25, 0.3) is 0 Å². The second-order valence-electron chi connectivity index (χ2n) is 4.43. The van der Waals surface area contributed by atoms with Gasteiger partial charge in [0.2, 0.25) is 5.91 Å². The number of piperidine rings is 1. The van der Waals surface area contributed by atoms with E-state index in [-0.39, 0.29) is 18.3 Å². The van der Waals surface area contributed by atoms with Gasteiger partial charge in [-0.05, 0) is 19.3 Å². The van der Waals surface area contributed by atoms with Gasteiger partial charge in [-0.15, -0.1) is 0 Å². The summed E-state index contributed by atoms with van der Waals surface area (Å²) in [6.07, 6.45) is 3.04. The molecule has 0 spiro atoms. The second-order valence-corrected chi connectivity index (χ2v) is 6.62. The predicted octanol–water partition coefficient (Wildman–Crippen LogP) is -0.611. The van der Waals surface area contributed by atoms with E-state index in [1.807, 2.05) is 0 Å². The van der Waals surface area contributed by atoms with Gasteiger partial charge in [0.05, 0.1) is 19.0 Å². The molecule has 0 atom stereocenters. The van der Waals surface area contributed by atoms with Crippen molar-refractivity contribution in [3.05, 3.63) is 0 Å². The van der Waals surface area contributed by atoms with Crippen molar-refractivity contribution in [1.82, 2.24) is 4.90 Å². The van der Waals surface area contributed by atoms with Gasteiger partial charge in [0, 0.05) is 19.6 Å². The molecule has 0 unspecified atom stereocenters. The average Bonchev–Trinajstić information content (AvgIpc) is 2.35. The lowest BCUT2D eigenvalue weighted by Crippen LogP contribution is -2.40. The Kier molecular flexibility index (Phi) is 6.59. The van der Waals surface area contributed by atoms with Crippen LogP contribution in [0, 0.1) is 0 Å². The van der Waals surface area contributed by atoms with Gasteiger partial charge in [-0.3, -0.25) is 4.79 Å². The molecular weight excluding hydrogens is 256 g/mol. The van der Waals surface area contributed by atoms with Crippen molar-refractivity contribution in [1.29, 1.82) is 0 Å². The number of likely N-dealkylation sites (tertiary alicyclic amines) is 1. The molecule has 0 aliphatic carbocycles. The van der Waals surface area contributed by atoms with Crippen molar-refractivity contribution in [3.8, 4) is 0 Å². The van der Waals surface area contributed by atoms with E-state index in [0.29, 0.717) is 26.2 Å². The fourth-order valence-corrected chi connectivity index (χ4v) is 2.94. The highest BCUT2D eigenvalue weighted by Gasteiger charge is 2.22. The Balaban J connectivity index is 2.32. The normalized spacial score (nSPS) is 16.8. The third-order valence-corrected chi connectivity index (χ3v) is 4.33. The van der Waals surface area contributed by atoms with Crippen molar-refractivity contribution in [2.45, 2.75) is 19.3 Å². The van der Waals surface area contributed by atoms with Crippen LogP contribution in [0.15, 0.2) is 0 Å². The largest absolute Gasteiger partial charge is 0.379 e. The monoisotopic (exact) mass is 278 g/mol. The minimum absolute atomic E-state index is 0.104. The predicted molar refractivity (Wildman–Crippen MR) is 69.0 cm³/mol. The highest BCUT2D eigenvalue weighted by atomic mass is 32.2. The molecule has 1 amide bonds. The van der Waals surface area contributed by atoms with Crippen LogP contribution in [0.5, 0.6) is 0 Å². The number of hydrogen-bond donors (Lipinski definition) is 1. The van der Waals surface area contributed by atoms with Gasteiger partial charge >= 0.3 is 0 Å². The number of amides is 1. The van der Waals surface area contributed by atoms with E-state index in [1.54, 1.807) is 4.90 Å². The number of hydrogen-bond acceptors (Lipinski definition) is 5. The standard InChI is InChI=1S/C11H22N2O4S/c12-4-7-17-8-9-18(15,16)10-11(14)13-5-2-1-3-6-13/h1-10,12H2. The van der Waals surface area contributed by atoms with Gasteiger partial charge in [-0.1, -0.05) is 0 Å². The molecular formula is C11H22N2O4S. The SMILES string of the molecule is NCCOCCS(=O)(=O)CC(=O)N1CCCCC1. The van der Waals surface area contributed by atoms with Crippen LogP contribution in [0.3, 0.4) is 0 Å². The second kappa shape index (κ2) is 7.70. The summed E-state index contributed by atoms with van der Waals surface area (Å²) in [5.41, 5.74) is 5.22. The number of ether oxygens (including phenoxy) is 1. The molecule has 0 radical (unpaired) electrons. The van der Waals surface area contributed by atoms with Crippen LogP contribution in [0.25, 0.3) is 0 Å². The van der Waals surface area contributed by atoms with Crippen LogP contribution >= 0.6 is 0 Å². The van der Waals surface area contributed by atoms with Crippen LogP contribution in [-0.4, -0.2) is 63.6 Å². The molecule has 1 aliphatic heterocycles. The molecule has 6 nitrogen and oxygen atoms in total. The zero-order valence-electron chi connectivity index (χ0n) is 10.6. The Morgan fingerprint density at radius 1 is 1.17 bits per heavy atom. The highest BCUT2D eigenvalue weighted by molar-refractivity contribution is 7.92. The molecule has 0 aromatic carbocycles. The first-order valence-electron chi connectivity index (χ1n) is 6.31. The maximum absolute atomic E-state index is 11.8.